The van der Waals surface area contributed by atoms with E-state index in [-0.39, 0.29) is 10.7 Å². The number of esters is 1. The second kappa shape index (κ2) is 12.6. The minimum Gasteiger partial charge on any atom is -0.490 e. The number of imide groups is 1. The van der Waals surface area contributed by atoms with E-state index in [0.29, 0.717) is 29.2 Å². The van der Waals surface area contributed by atoms with E-state index < -0.39 is 29.6 Å². The lowest BCUT2D eigenvalue weighted by Crippen LogP contribution is -2.36. The van der Waals surface area contributed by atoms with Gasteiger partial charge in [-0.2, -0.15) is 0 Å². The molecular weight excluding hydrogens is 655 g/mol. The van der Waals surface area contributed by atoms with Crippen LogP contribution in [-0.2, 0) is 9.59 Å². The topological polar surface area (TPSA) is 102 Å². The van der Waals surface area contributed by atoms with Crippen LogP contribution in [-0.4, -0.2) is 41.1 Å². The third-order valence-corrected chi connectivity index (χ3v) is 7.71. The fourth-order valence-corrected chi connectivity index (χ4v) is 5.39. The van der Waals surface area contributed by atoms with Crippen molar-refractivity contribution in [3.05, 3.63) is 105 Å². The van der Waals surface area contributed by atoms with Crippen molar-refractivity contribution in [1.82, 2.24) is 4.90 Å². The number of fused-ring (bicyclic) bond motifs is 1. The molecule has 3 amide bonds. The van der Waals surface area contributed by atoms with Crippen LogP contribution in [0.25, 0.3) is 16.8 Å². The molecule has 8 nitrogen and oxygen atoms in total. The first-order valence-corrected chi connectivity index (χ1v) is 14.5. The molecule has 4 aromatic rings. The minimum absolute atomic E-state index is 0.167. The van der Waals surface area contributed by atoms with E-state index in [0.717, 1.165) is 31.0 Å². The van der Waals surface area contributed by atoms with Crippen LogP contribution in [0, 0.1) is 3.57 Å². The molecule has 1 aliphatic heterocycles. The van der Waals surface area contributed by atoms with Gasteiger partial charge in [0.25, 0.3) is 11.1 Å². The highest BCUT2D eigenvalue weighted by Gasteiger charge is 2.36. The average Bonchev–Trinajstić information content (AvgIpc) is 3.22. The molecule has 4 aromatic carbocycles. The van der Waals surface area contributed by atoms with Crippen LogP contribution in [0.15, 0.2) is 89.8 Å². The predicted molar refractivity (Wildman–Crippen MR) is 167 cm³/mol. The van der Waals surface area contributed by atoms with Crippen LogP contribution < -0.4 is 14.8 Å². The Bertz CT molecular complexity index is 1700. The number of hydrogen-bond donors (Lipinski definition) is 1. The van der Waals surface area contributed by atoms with Crippen LogP contribution in [0.2, 0.25) is 0 Å². The van der Waals surface area contributed by atoms with Crippen LogP contribution >= 0.6 is 34.4 Å². The summed E-state index contributed by atoms with van der Waals surface area (Å²) in [6.07, 6.45) is 1.54. The number of carbonyl (C=O) groups excluding carboxylic acids is 4. The van der Waals surface area contributed by atoms with Gasteiger partial charge in [0.1, 0.15) is 6.54 Å². The molecule has 0 radical (unpaired) electrons. The summed E-state index contributed by atoms with van der Waals surface area (Å²) >= 11 is 2.91. The Morgan fingerprint density at radius 2 is 1.71 bits per heavy atom. The SMILES string of the molecule is CCOc1cc(/C=C2\SC(=O)N(CC(=O)Nc3ccc(I)cc3)C2=O)ccc1OC(=O)c1cccc2ccccc12. The molecule has 1 N–H and O–H groups in total. The van der Waals surface area contributed by atoms with E-state index in [1.165, 1.54) is 0 Å². The number of benzene rings is 4. The first kappa shape index (κ1) is 28.4. The maximum absolute atomic E-state index is 13.1. The van der Waals surface area contributed by atoms with Gasteiger partial charge in [-0.3, -0.25) is 19.3 Å². The highest BCUT2D eigenvalue weighted by Crippen LogP contribution is 2.35. The van der Waals surface area contributed by atoms with Gasteiger partial charge in [-0.05, 0) is 106 Å². The average molecular weight is 679 g/mol. The molecule has 1 heterocycles. The maximum atomic E-state index is 13.1. The largest absolute Gasteiger partial charge is 0.490 e. The molecule has 41 heavy (non-hydrogen) atoms. The van der Waals surface area contributed by atoms with E-state index in [1.54, 1.807) is 55.5 Å². The molecule has 0 bridgehead atoms. The Balaban J connectivity index is 1.31. The zero-order valence-corrected chi connectivity index (χ0v) is 24.7. The molecule has 0 aliphatic carbocycles. The molecule has 1 saturated heterocycles. The number of anilines is 1. The summed E-state index contributed by atoms with van der Waals surface area (Å²) in [7, 11) is 0. The fourth-order valence-electron chi connectivity index (χ4n) is 4.19. The van der Waals surface area contributed by atoms with Crippen molar-refractivity contribution < 1.29 is 28.7 Å². The summed E-state index contributed by atoms with van der Waals surface area (Å²) in [6, 6.07) is 25.0. The number of halogens is 1. The Morgan fingerprint density at radius 3 is 2.49 bits per heavy atom. The molecule has 1 aliphatic rings. The quantitative estimate of drug-likeness (QED) is 0.0954. The Morgan fingerprint density at radius 1 is 0.951 bits per heavy atom. The third kappa shape index (κ3) is 6.60. The second-order valence-corrected chi connectivity index (χ2v) is 11.1. The van der Waals surface area contributed by atoms with Gasteiger partial charge in [0.2, 0.25) is 5.91 Å². The summed E-state index contributed by atoms with van der Waals surface area (Å²) in [5.41, 5.74) is 1.56. The molecule has 206 valence electrons. The van der Waals surface area contributed by atoms with Crippen molar-refractivity contribution in [3.63, 3.8) is 0 Å². The molecular formula is C31H23IN2O6S. The minimum atomic E-state index is -0.567. The highest BCUT2D eigenvalue weighted by atomic mass is 127. The molecule has 0 unspecified atom stereocenters. The van der Waals surface area contributed by atoms with Crippen LogP contribution in [0.1, 0.15) is 22.8 Å². The number of thioether (sulfide) groups is 1. The van der Waals surface area contributed by atoms with Gasteiger partial charge < -0.3 is 14.8 Å². The molecule has 5 rings (SSSR count). The number of nitrogens with zero attached hydrogens (tertiary/aromatic N) is 1. The summed E-state index contributed by atoms with van der Waals surface area (Å²) in [5, 5.41) is 3.85. The fraction of sp³-hybridized carbons (Fsp3) is 0.0968. The van der Waals surface area contributed by atoms with Crippen molar-refractivity contribution in [2.75, 3.05) is 18.5 Å². The van der Waals surface area contributed by atoms with Crippen molar-refractivity contribution in [3.8, 4) is 11.5 Å². The van der Waals surface area contributed by atoms with Crippen LogP contribution in [0.3, 0.4) is 0 Å². The zero-order chi connectivity index (χ0) is 28.9. The molecule has 0 aromatic heterocycles. The normalized spacial score (nSPS) is 14.0. The van der Waals surface area contributed by atoms with Crippen LogP contribution in [0.5, 0.6) is 11.5 Å². The number of rotatable bonds is 8. The van der Waals surface area contributed by atoms with Gasteiger partial charge in [0.15, 0.2) is 11.5 Å². The molecule has 1 fully saturated rings. The smallest absolute Gasteiger partial charge is 0.344 e. The highest BCUT2D eigenvalue weighted by molar-refractivity contribution is 14.1. The monoisotopic (exact) mass is 678 g/mol. The van der Waals surface area contributed by atoms with Gasteiger partial charge >= 0.3 is 5.97 Å². The number of ether oxygens (including phenoxy) is 2. The first-order chi connectivity index (χ1) is 19.8. The third-order valence-electron chi connectivity index (χ3n) is 6.08. The number of carbonyl (C=O) groups is 4. The van der Waals surface area contributed by atoms with Gasteiger partial charge in [0, 0.05) is 9.26 Å². The summed E-state index contributed by atoms with van der Waals surface area (Å²) in [4.78, 5) is 52.1. The first-order valence-electron chi connectivity index (χ1n) is 12.6. The van der Waals surface area contributed by atoms with Gasteiger partial charge in [-0.1, -0.05) is 42.5 Å². The zero-order valence-electron chi connectivity index (χ0n) is 21.8. The van der Waals surface area contributed by atoms with E-state index >= 15 is 0 Å². The Labute approximate surface area is 253 Å². The number of nitrogens with one attached hydrogen (secondary N) is 1. The molecule has 0 atom stereocenters. The second-order valence-electron chi connectivity index (χ2n) is 8.88. The van der Waals surface area contributed by atoms with Gasteiger partial charge in [-0.25, -0.2) is 4.79 Å². The van der Waals surface area contributed by atoms with Crippen LogP contribution in [0.4, 0.5) is 10.5 Å². The Kier molecular flexibility index (Phi) is 8.70. The van der Waals surface area contributed by atoms with Crippen molar-refractivity contribution in [1.29, 1.82) is 0 Å². The molecule has 0 saturated carbocycles. The number of amides is 3. The summed E-state index contributed by atoms with van der Waals surface area (Å²) in [6.45, 7) is 1.71. The van der Waals surface area contributed by atoms with Gasteiger partial charge in [-0.15, -0.1) is 0 Å². The maximum Gasteiger partial charge on any atom is 0.344 e. The predicted octanol–water partition coefficient (Wildman–Crippen LogP) is 6.74. The lowest BCUT2D eigenvalue weighted by molar-refractivity contribution is -0.127. The molecule has 0 spiro atoms. The summed E-state index contributed by atoms with van der Waals surface area (Å²) in [5.74, 6) is -1.04. The van der Waals surface area contributed by atoms with E-state index in [1.807, 2.05) is 42.5 Å². The standard InChI is InChI=1S/C31H23IN2O6S/c1-2-39-26-16-19(10-15-25(26)40-30(37)24-9-5-7-20-6-3-4-8-23(20)24)17-27-29(36)34(31(38)41-27)18-28(35)33-22-13-11-21(32)12-14-22/h3-17H,2,18H2,1H3,(H,33,35)/b27-17-. The van der Waals surface area contributed by atoms with Crippen molar-refractivity contribution >= 4 is 79.9 Å². The van der Waals surface area contributed by atoms with E-state index in [4.69, 9.17) is 9.47 Å². The Hall–Kier alpha value is -4.16. The van der Waals surface area contributed by atoms with Crippen molar-refractivity contribution in [2.45, 2.75) is 6.92 Å². The lowest BCUT2D eigenvalue weighted by atomic mass is 10.0. The summed E-state index contributed by atoms with van der Waals surface area (Å²) < 4.78 is 12.4. The van der Waals surface area contributed by atoms with Crippen molar-refractivity contribution in [2.24, 2.45) is 0 Å². The number of hydrogen-bond acceptors (Lipinski definition) is 7. The van der Waals surface area contributed by atoms with E-state index in [2.05, 4.69) is 27.9 Å². The van der Waals surface area contributed by atoms with Gasteiger partial charge in [0.05, 0.1) is 17.1 Å². The van der Waals surface area contributed by atoms with E-state index in [9.17, 15) is 19.2 Å². The lowest BCUT2D eigenvalue weighted by Gasteiger charge is -2.13. The molecule has 10 heteroatoms.